The van der Waals surface area contributed by atoms with E-state index in [1.807, 2.05) is 0 Å². The Kier molecular flexibility index (Phi) is 1.46. The molecule has 1 aliphatic carbocycles. The molecule has 0 bridgehead atoms. The Morgan fingerprint density at radius 3 is 2.60 bits per heavy atom. The van der Waals surface area contributed by atoms with Gasteiger partial charge < -0.3 is 5.32 Å². The van der Waals surface area contributed by atoms with Gasteiger partial charge in [-0.15, -0.1) is 0 Å². The zero-order valence-corrected chi connectivity index (χ0v) is 6.23. The van der Waals surface area contributed by atoms with Crippen LogP contribution in [0.5, 0.6) is 0 Å². The molecule has 1 heterocycles. The van der Waals surface area contributed by atoms with Crippen LogP contribution in [0.1, 0.15) is 32.1 Å². The van der Waals surface area contributed by atoms with Crippen LogP contribution in [0.3, 0.4) is 0 Å². The van der Waals surface area contributed by atoms with Gasteiger partial charge in [0.25, 0.3) is 0 Å². The van der Waals surface area contributed by atoms with Crippen molar-refractivity contribution in [2.24, 2.45) is 0 Å². The maximum absolute atomic E-state index is 11.1. The summed E-state index contributed by atoms with van der Waals surface area (Å²) in [6.07, 6.45) is 5.24. The first-order valence-corrected chi connectivity index (χ1v) is 4.22. The van der Waals surface area contributed by atoms with Crippen LogP contribution < -0.4 is 5.32 Å². The molecule has 1 unspecified atom stereocenters. The summed E-state index contributed by atoms with van der Waals surface area (Å²) >= 11 is 0. The van der Waals surface area contributed by atoms with Gasteiger partial charge in [-0.3, -0.25) is 0 Å². The standard InChI is InChI=1S/C8H14NO/c10-7-2-5-9-8(6-7)3-1-4-8/h7,9H,1-6H2. The molecule has 2 nitrogen and oxygen atoms in total. The first-order valence-electron chi connectivity index (χ1n) is 4.22. The quantitative estimate of drug-likeness (QED) is 0.536. The lowest BCUT2D eigenvalue weighted by atomic mass is 9.71. The van der Waals surface area contributed by atoms with Crippen molar-refractivity contribution < 1.29 is 5.11 Å². The van der Waals surface area contributed by atoms with Gasteiger partial charge in [0.15, 0.2) is 0 Å². The number of hydrogen-bond acceptors (Lipinski definition) is 1. The molecule has 0 aromatic carbocycles. The Morgan fingerprint density at radius 2 is 2.20 bits per heavy atom. The molecule has 57 valence electrons. The zero-order valence-electron chi connectivity index (χ0n) is 6.23. The smallest absolute Gasteiger partial charge is 0.0959 e. The van der Waals surface area contributed by atoms with Crippen LogP contribution in [0.4, 0.5) is 0 Å². The van der Waals surface area contributed by atoms with E-state index in [2.05, 4.69) is 5.32 Å². The second-order valence-corrected chi connectivity index (χ2v) is 3.68. The zero-order chi connectivity index (χ0) is 7.03. The summed E-state index contributed by atoms with van der Waals surface area (Å²) in [5.41, 5.74) is 0.310. The van der Waals surface area contributed by atoms with Gasteiger partial charge in [0.05, 0.1) is 6.10 Å². The van der Waals surface area contributed by atoms with E-state index in [1.54, 1.807) is 0 Å². The predicted molar refractivity (Wildman–Crippen MR) is 38.3 cm³/mol. The maximum atomic E-state index is 11.1. The van der Waals surface area contributed by atoms with Gasteiger partial charge in [0, 0.05) is 5.54 Å². The molecule has 1 radical (unpaired) electrons. The van der Waals surface area contributed by atoms with Crippen molar-refractivity contribution >= 4 is 0 Å². The second-order valence-electron chi connectivity index (χ2n) is 3.68. The fraction of sp³-hybridized carbons (Fsp3) is 1.00. The van der Waals surface area contributed by atoms with Crippen molar-refractivity contribution in [3.8, 4) is 0 Å². The molecule has 0 amide bonds. The molecule has 2 heteroatoms. The molecular formula is C8H14NO. The highest BCUT2D eigenvalue weighted by molar-refractivity contribution is 4.99. The average molecular weight is 140 g/mol. The summed E-state index contributed by atoms with van der Waals surface area (Å²) in [5, 5.41) is 14.6. The lowest BCUT2D eigenvalue weighted by Crippen LogP contribution is -2.56. The van der Waals surface area contributed by atoms with Crippen molar-refractivity contribution in [1.82, 2.24) is 5.32 Å². The molecule has 1 saturated carbocycles. The first kappa shape index (κ1) is 6.62. The summed E-state index contributed by atoms with van der Waals surface area (Å²) in [6, 6.07) is 0. The summed E-state index contributed by atoms with van der Waals surface area (Å²) < 4.78 is 0. The minimum absolute atomic E-state index is 0.276. The van der Waals surface area contributed by atoms with Gasteiger partial charge in [0.1, 0.15) is 0 Å². The van der Waals surface area contributed by atoms with Gasteiger partial charge in [0.2, 0.25) is 0 Å². The number of rotatable bonds is 0. The minimum Gasteiger partial charge on any atom is -0.311 e. The van der Waals surface area contributed by atoms with E-state index in [0.717, 1.165) is 19.4 Å². The van der Waals surface area contributed by atoms with Crippen LogP contribution >= 0.6 is 0 Å². The SMILES string of the molecule is [O]C1CCNC2(CCC2)C1. The van der Waals surface area contributed by atoms with E-state index in [-0.39, 0.29) is 6.10 Å². The Bertz CT molecular complexity index is 131. The molecule has 0 aromatic rings. The van der Waals surface area contributed by atoms with Crippen molar-refractivity contribution in [3.63, 3.8) is 0 Å². The number of nitrogens with one attached hydrogen (secondary N) is 1. The molecule has 10 heavy (non-hydrogen) atoms. The summed E-state index contributed by atoms with van der Waals surface area (Å²) in [5.74, 6) is 0. The topological polar surface area (TPSA) is 31.9 Å². The summed E-state index contributed by atoms with van der Waals surface area (Å²) in [6.45, 7) is 0.953. The Morgan fingerprint density at radius 1 is 1.40 bits per heavy atom. The molecule has 1 spiro atoms. The average Bonchev–Trinajstić information content (AvgIpc) is 1.85. The molecule has 2 fully saturated rings. The van der Waals surface area contributed by atoms with Gasteiger partial charge in [-0.25, -0.2) is 5.11 Å². The van der Waals surface area contributed by atoms with E-state index < -0.39 is 0 Å². The minimum atomic E-state index is -0.276. The fourth-order valence-electron chi connectivity index (χ4n) is 2.09. The highest BCUT2D eigenvalue weighted by Gasteiger charge is 2.40. The van der Waals surface area contributed by atoms with Crippen LogP contribution in [-0.4, -0.2) is 18.2 Å². The fourth-order valence-corrected chi connectivity index (χ4v) is 2.09. The van der Waals surface area contributed by atoms with E-state index in [4.69, 9.17) is 0 Å². The normalized spacial score (nSPS) is 37.5. The third-order valence-corrected chi connectivity index (χ3v) is 2.90. The number of piperidine rings is 1. The molecule has 1 saturated heterocycles. The van der Waals surface area contributed by atoms with Crippen LogP contribution in [0.25, 0.3) is 0 Å². The summed E-state index contributed by atoms with van der Waals surface area (Å²) in [7, 11) is 0. The van der Waals surface area contributed by atoms with Gasteiger partial charge in [-0.05, 0) is 38.6 Å². The first-order chi connectivity index (χ1) is 4.81. The monoisotopic (exact) mass is 140 g/mol. The van der Waals surface area contributed by atoms with Crippen LogP contribution in [0.15, 0.2) is 0 Å². The van der Waals surface area contributed by atoms with Gasteiger partial charge in [-0.1, -0.05) is 0 Å². The molecule has 2 rings (SSSR count). The van der Waals surface area contributed by atoms with E-state index >= 15 is 0 Å². The molecular weight excluding hydrogens is 126 g/mol. The highest BCUT2D eigenvalue weighted by atomic mass is 16.3. The maximum Gasteiger partial charge on any atom is 0.0959 e. The summed E-state index contributed by atoms with van der Waals surface area (Å²) in [4.78, 5) is 0. The predicted octanol–water partition coefficient (Wildman–Crippen LogP) is 1.09. The van der Waals surface area contributed by atoms with Crippen LogP contribution in [0, 0.1) is 0 Å². The second kappa shape index (κ2) is 2.21. The van der Waals surface area contributed by atoms with Crippen molar-refractivity contribution in [2.45, 2.75) is 43.7 Å². The van der Waals surface area contributed by atoms with Crippen molar-refractivity contribution in [1.29, 1.82) is 0 Å². The van der Waals surface area contributed by atoms with Crippen LogP contribution in [-0.2, 0) is 5.11 Å². The lowest BCUT2D eigenvalue weighted by molar-refractivity contribution is -0.00382. The van der Waals surface area contributed by atoms with Crippen LogP contribution in [0.2, 0.25) is 0 Å². The van der Waals surface area contributed by atoms with E-state index in [9.17, 15) is 5.11 Å². The molecule has 0 aromatic heterocycles. The number of hydrogen-bond donors (Lipinski definition) is 1. The Labute approximate surface area is 61.6 Å². The third kappa shape index (κ3) is 0.956. The van der Waals surface area contributed by atoms with Crippen molar-refractivity contribution in [2.75, 3.05) is 6.54 Å². The Hall–Kier alpha value is -0.0800. The largest absolute Gasteiger partial charge is 0.311 e. The molecule has 1 atom stereocenters. The van der Waals surface area contributed by atoms with Crippen molar-refractivity contribution in [3.05, 3.63) is 0 Å². The highest BCUT2D eigenvalue weighted by Crippen LogP contribution is 2.38. The molecule has 1 N–H and O–H groups in total. The van der Waals surface area contributed by atoms with Gasteiger partial charge >= 0.3 is 0 Å². The lowest BCUT2D eigenvalue weighted by Gasteiger charge is -2.46. The van der Waals surface area contributed by atoms with E-state index in [0.29, 0.717) is 5.54 Å². The van der Waals surface area contributed by atoms with Gasteiger partial charge in [-0.2, -0.15) is 0 Å². The molecule has 2 aliphatic rings. The van der Waals surface area contributed by atoms with E-state index in [1.165, 1.54) is 19.3 Å². The molecule has 1 aliphatic heterocycles. The third-order valence-electron chi connectivity index (χ3n) is 2.90. The Balaban J connectivity index is 1.96.